The molecule has 0 fully saturated rings. The van der Waals surface area contributed by atoms with Gasteiger partial charge in [-0.15, -0.1) is 0 Å². The number of nitro groups is 1. The highest BCUT2D eigenvalue weighted by Gasteiger charge is 2.12. The van der Waals surface area contributed by atoms with Gasteiger partial charge < -0.3 is 0 Å². The maximum atomic E-state index is 11.9. The van der Waals surface area contributed by atoms with Gasteiger partial charge >= 0.3 is 0 Å². The molecule has 6 nitrogen and oxygen atoms in total. The highest BCUT2D eigenvalue weighted by Crippen LogP contribution is 2.23. The van der Waals surface area contributed by atoms with Crippen molar-refractivity contribution in [2.75, 3.05) is 0 Å². The predicted molar refractivity (Wildman–Crippen MR) is 81.1 cm³/mol. The first-order valence-electron chi connectivity index (χ1n) is 5.23. The second-order valence-electron chi connectivity index (χ2n) is 3.82. The first-order valence-corrected chi connectivity index (χ1v) is 7.20. The van der Waals surface area contributed by atoms with Gasteiger partial charge in [-0.25, -0.2) is 4.98 Å². The molecule has 1 aromatic heterocycles. The second kappa shape index (κ2) is 6.02. The van der Waals surface area contributed by atoms with Crippen molar-refractivity contribution in [2.24, 2.45) is 0 Å². The molecule has 104 valence electrons. The number of hydrogen-bond donors (Lipinski definition) is 0. The molecule has 0 atom stereocenters. The first-order chi connectivity index (χ1) is 9.40. The van der Waals surface area contributed by atoms with Gasteiger partial charge in [0, 0.05) is 16.6 Å². The molecule has 0 N–H and O–H groups in total. The zero-order chi connectivity index (χ0) is 14.9. The molecule has 0 bridgehead atoms. The fourth-order valence-corrected chi connectivity index (χ4v) is 2.46. The number of nitro benzene ring substituents is 1. The largest absolute Gasteiger partial charge is 0.294 e. The van der Waals surface area contributed by atoms with Gasteiger partial charge in [-0.2, -0.15) is 0 Å². The van der Waals surface area contributed by atoms with Crippen LogP contribution >= 0.6 is 43.5 Å². The lowest BCUT2D eigenvalue weighted by Crippen LogP contribution is -2.22. The number of nitrogens with zero attached hydrogens (tertiary/aromatic N) is 3. The standard InChI is InChI=1S/C11H6Br2ClN3O3/c12-8-3-7(17(19)20)2-1-6(8)4-16-5-15-10(14)9(13)11(16)18/h1-3,5H,4H2. The van der Waals surface area contributed by atoms with E-state index in [9.17, 15) is 14.9 Å². The fraction of sp³-hybridized carbons (Fsp3) is 0.0909. The molecular formula is C11H6Br2ClN3O3. The van der Waals surface area contributed by atoms with Crippen molar-refractivity contribution in [3.05, 3.63) is 64.7 Å². The summed E-state index contributed by atoms with van der Waals surface area (Å²) in [5.41, 5.74) is 0.368. The average molecular weight is 423 g/mol. The van der Waals surface area contributed by atoms with Gasteiger partial charge in [0.25, 0.3) is 11.2 Å². The van der Waals surface area contributed by atoms with E-state index in [1.165, 1.54) is 23.0 Å². The van der Waals surface area contributed by atoms with Crippen LogP contribution in [0.5, 0.6) is 0 Å². The highest BCUT2D eigenvalue weighted by molar-refractivity contribution is 9.10. The smallest absolute Gasteiger partial charge is 0.270 e. The maximum absolute atomic E-state index is 11.9. The van der Waals surface area contributed by atoms with E-state index in [0.29, 0.717) is 10.0 Å². The van der Waals surface area contributed by atoms with Crippen LogP contribution in [0.4, 0.5) is 5.69 Å². The number of non-ortho nitro benzene ring substituents is 1. The van der Waals surface area contributed by atoms with E-state index in [1.54, 1.807) is 6.07 Å². The summed E-state index contributed by atoms with van der Waals surface area (Å²) in [5, 5.41) is 10.7. The Bertz CT molecular complexity index is 748. The lowest BCUT2D eigenvalue weighted by Gasteiger charge is -2.08. The van der Waals surface area contributed by atoms with E-state index >= 15 is 0 Å². The molecular weight excluding hydrogens is 417 g/mol. The lowest BCUT2D eigenvalue weighted by atomic mass is 10.2. The molecule has 0 aliphatic heterocycles. The van der Waals surface area contributed by atoms with E-state index in [-0.39, 0.29) is 27.4 Å². The third-order valence-corrected chi connectivity index (χ3v) is 4.50. The molecule has 2 aromatic rings. The molecule has 0 amide bonds. The van der Waals surface area contributed by atoms with Crippen LogP contribution in [0.1, 0.15) is 5.56 Å². The van der Waals surface area contributed by atoms with Crippen LogP contribution in [0.2, 0.25) is 5.15 Å². The fourth-order valence-electron chi connectivity index (χ4n) is 1.52. The Morgan fingerprint density at radius 2 is 2.10 bits per heavy atom. The Morgan fingerprint density at radius 1 is 1.40 bits per heavy atom. The Balaban J connectivity index is 2.38. The van der Waals surface area contributed by atoms with Crippen LogP contribution in [0.3, 0.4) is 0 Å². The van der Waals surface area contributed by atoms with Gasteiger partial charge in [0.1, 0.15) is 4.47 Å². The molecule has 0 unspecified atom stereocenters. The first kappa shape index (κ1) is 15.1. The Labute approximate surface area is 134 Å². The molecule has 0 saturated carbocycles. The Morgan fingerprint density at radius 3 is 2.70 bits per heavy atom. The number of benzene rings is 1. The van der Waals surface area contributed by atoms with Crippen LogP contribution in [0.25, 0.3) is 0 Å². The summed E-state index contributed by atoms with van der Waals surface area (Å²) in [7, 11) is 0. The minimum absolute atomic E-state index is 0.0246. The zero-order valence-corrected chi connectivity index (χ0v) is 13.6. The molecule has 1 heterocycles. The monoisotopic (exact) mass is 421 g/mol. The molecule has 9 heteroatoms. The van der Waals surface area contributed by atoms with E-state index in [1.807, 2.05) is 0 Å². The summed E-state index contributed by atoms with van der Waals surface area (Å²) in [4.78, 5) is 26.0. The highest BCUT2D eigenvalue weighted by atomic mass is 79.9. The molecule has 2 rings (SSSR count). The lowest BCUT2D eigenvalue weighted by molar-refractivity contribution is -0.384. The van der Waals surface area contributed by atoms with Crippen molar-refractivity contribution in [2.45, 2.75) is 6.54 Å². The van der Waals surface area contributed by atoms with Gasteiger partial charge in [-0.05, 0) is 27.6 Å². The molecule has 0 aliphatic rings. The summed E-state index contributed by atoms with van der Waals surface area (Å²) < 4.78 is 2.08. The normalized spacial score (nSPS) is 10.6. The third kappa shape index (κ3) is 3.08. The molecule has 0 spiro atoms. The van der Waals surface area contributed by atoms with E-state index in [0.717, 1.165) is 0 Å². The summed E-state index contributed by atoms with van der Waals surface area (Å²) in [6.45, 7) is 0.222. The van der Waals surface area contributed by atoms with Crippen molar-refractivity contribution >= 4 is 49.1 Å². The number of hydrogen-bond acceptors (Lipinski definition) is 4. The minimum atomic E-state index is -0.485. The van der Waals surface area contributed by atoms with E-state index < -0.39 is 4.92 Å². The molecule has 20 heavy (non-hydrogen) atoms. The molecule has 0 aliphatic carbocycles. The second-order valence-corrected chi connectivity index (χ2v) is 5.82. The summed E-state index contributed by atoms with van der Waals surface area (Å²) >= 11 is 12.0. The van der Waals surface area contributed by atoms with Crippen molar-refractivity contribution in [1.29, 1.82) is 0 Å². The number of rotatable bonds is 3. The van der Waals surface area contributed by atoms with Crippen molar-refractivity contribution < 1.29 is 4.92 Å². The van der Waals surface area contributed by atoms with Crippen LogP contribution in [0.15, 0.2) is 38.3 Å². The third-order valence-electron chi connectivity index (χ3n) is 2.53. The van der Waals surface area contributed by atoms with Gasteiger partial charge in [0.15, 0.2) is 5.15 Å². The van der Waals surface area contributed by atoms with Gasteiger partial charge in [0.05, 0.1) is 17.8 Å². The molecule has 0 radical (unpaired) electrons. The average Bonchev–Trinajstić information content (AvgIpc) is 2.41. The number of halogens is 3. The Hall–Kier alpha value is -1.25. The SMILES string of the molecule is O=c1c(Br)c(Cl)ncn1Cc1ccc([N+](=O)[O-])cc1Br. The van der Waals surface area contributed by atoms with Crippen LogP contribution < -0.4 is 5.56 Å². The topological polar surface area (TPSA) is 78.0 Å². The van der Waals surface area contributed by atoms with E-state index in [4.69, 9.17) is 11.6 Å². The van der Waals surface area contributed by atoms with Gasteiger partial charge in [0.2, 0.25) is 0 Å². The maximum Gasteiger partial charge on any atom is 0.270 e. The summed E-state index contributed by atoms with van der Waals surface area (Å²) in [5.74, 6) is 0. The molecule has 0 saturated heterocycles. The molecule has 1 aromatic carbocycles. The quantitative estimate of drug-likeness (QED) is 0.431. The van der Waals surface area contributed by atoms with Crippen molar-refractivity contribution in [1.82, 2.24) is 9.55 Å². The Kier molecular flexibility index (Phi) is 4.56. The predicted octanol–water partition coefficient (Wildman–Crippen LogP) is 3.38. The minimum Gasteiger partial charge on any atom is -0.294 e. The van der Waals surface area contributed by atoms with Crippen molar-refractivity contribution in [3.8, 4) is 0 Å². The van der Waals surface area contributed by atoms with Gasteiger partial charge in [-0.3, -0.25) is 19.5 Å². The van der Waals surface area contributed by atoms with Crippen LogP contribution in [-0.2, 0) is 6.54 Å². The summed E-state index contributed by atoms with van der Waals surface area (Å²) in [6.07, 6.45) is 1.32. The van der Waals surface area contributed by atoms with E-state index in [2.05, 4.69) is 36.8 Å². The van der Waals surface area contributed by atoms with Crippen molar-refractivity contribution in [3.63, 3.8) is 0 Å². The zero-order valence-electron chi connectivity index (χ0n) is 9.72. The van der Waals surface area contributed by atoms with Crippen LogP contribution in [-0.4, -0.2) is 14.5 Å². The van der Waals surface area contributed by atoms with Crippen LogP contribution in [0, 0.1) is 10.1 Å². The van der Waals surface area contributed by atoms with Gasteiger partial charge in [-0.1, -0.05) is 27.5 Å². The summed E-state index contributed by atoms with van der Waals surface area (Å²) in [6, 6.07) is 4.35. The number of aromatic nitrogens is 2.